The number of furan rings is 1. The lowest BCUT2D eigenvalue weighted by atomic mass is 10.2. The van der Waals surface area contributed by atoms with E-state index in [2.05, 4.69) is 45.1 Å². The van der Waals surface area contributed by atoms with Crippen LogP contribution in [0.5, 0.6) is 0 Å². The van der Waals surface area contributed by atoms with Gasteiger partial charge in [-0.2, -0.15) is 0 Å². The number of aryl methyl sites for hydroxylation is 1. The summed E-state index contributed by atoms with van der Waals surface area (Å²) >= 11 is 3.60. The van der Waals surface area contributed by atoms with Crippen LogP contribution >= 0.6 is 15.9 Å². The highest BCUT2D eigenvalue weighted by molar-refractivity contribution is 9.10. The Morgan fingerprint density at radius 3 is 2.74 bits per heavy atom. The quantitative estimate of drug-likeness (QED) is 0.862. The summed E-state index contributed by atoms with van der Waals surface area (Å²) in [6.45, 7) is 5.17. The molecule has 0 fully saturated rings. The average molecular weight is 324 g/mol. The van der Waals surface area contributed by atoms with Gasteiger partial charge in [0.25, 0.3) is 0 Å². The van der Waals surface area contributed by atoms with E-state index in [1.807, 2.05) is 6.07 Å². The molecule has 0 aliphatic rings. The second kappa shape index (κ2) is 6.70. The van der Waals surface area contributed by atoms with Crippen molar-refractivity contribution in [3.05, 3.63) is 28.8 Å². The molecule has 4 nitrogen and oxygen atoms in total. The fourth-order valence-electron chi connectivity index (χ4n) is 1.78. The van der Waals surface area contributed by atoms with Gasteiger partial charge in [-0.05, 0) is 34.8 Å². The summed E-state index contributed by atoms with van der Waals surface area (Å²) in [7, 11) is 0. The Morgan fingerprint density at radius 1 is 1.26 bits per heavy atom. The van der Waals surface area contributed by atoms with Crippen molar-refractivity contribution < 1.29 is 4.42 Å². The normalized spacial score (nSPS) is 10.7. The first-order chi connectivity index (χ1) is 9.26. The van der Waals surface area contributed by atoms with Crippen LogP contribution in [0, 0.1) is 0 Å². The van der Waals surface area contributed by atoms with Crippen LogP contribution in [-0.2, 0) is 6.42 Å². The van der Waals surface area contributed by atoms with E-state index >= 15 is 0 Å². The minimum atomic E-state index is 0.707. The summed E-state index contributed by atoms with van der Waals surface area (Å²) in [5, 5.41) is 3.34. The van der Waals surface area contributed by atoms with E-state index in [9.17, 15) is 0 Å². The maximum atomic E-state index is 5.11. The van der Waals surface area contributed by atoms with Gasteiger partial charge >= 0.3 is 0 Å². The second-order valence-electron chi connectivity index (χ2n) is 4.35. The van der Waals surface area contributed by atoms with E-state index in [4.69, 9.17) is 4.42 Å². The van der Waals surface area contributed by atoms with Gasteiger partial charge in [0, 0.05) is 6.54 Å². The number of rotatable bonds is 6. The van der Waals surface area contributed by atoms with Gasteiger partial charge in [-0.15, -0.1) is 0 Å². The van der Waals surface area contributed by atoms with Gasteiger partial charge in [0.15, 0.2) is 5.82 Å². The molecule has 19 heavy (non-hydrogen) atoms. The minimum absolute atomic E-state index is 0.707. The lowest BCUT2D eigenvalue weighted by Crippen LogP contribution is -2.07. The average Bonchev–Trinajstić information content (AvgIpc) is 2.94. The number of nitrogens with one attached hydrogen (secondary N) is 1. The number of nitrogens with zero attached hydrogens (tertiary/aromatic N) is 2. The van der Waals surface area contributed by atoms with Crippen LogP contribution in [0.15, 0.2) is 27.5 Å². The predicted octanol–water partition coefficient (Wildman–Crippen LogP) is 4.27. The highest BCUT2D eigenvalue weighted by Crippen LogP contribution is 2.28. The fourth-order valence-corrected chi connectivity index (χ4v) is 2.29. The van der Waals surface area contributed by atoms with E-state index in [1.54, 1.807) is 12.5 Å². The Balaban J connectivity index is 2.41. The van der Waals surface area contributed by atoms with Crippen LogP contribution in [0.4, 0.5) is 5.82 Å². The maximum absolute atomic E-state index is 5.11. The highest BCUT2D eigenvalue weighted by atomic mass is 79.9. The molecule has 0 atom stereocenters. The highest BCUT2D eigenvalue weighted by Gasteiger charge is 2.13. The van der Waals surface area contributed by atoms with Gasteiger partial charge in [0.05, 0.1) is 22.0 Å². The largest absolute Gasteiger partial charge is 0.472 e. The Labute approximate surface area is 121 Å². The summed E-state index contributed by atoms with van der Waals surface area (Å²) in [5.41, 5.74) is 1.94. The van der Waals surface area contributed by atoms with Crippen LogP contribution < -0.4 is 5.32 Å². The summed E-state index contributed by atoms with van der Waals surface area (Å²) in [5.74, 6) is 1.57. The third-order valence-electron chi connectivity index (χ3n) is 2.73. The summed E-state index contributed by atoms with van der Waals surface area (Å²) in [6.07, 6.45) is 6.34. The molecule has 0 aliphatic heterocycles. The number of aromatic nitrogens is 2. The van der Waals surface area contributed by atoms with Gasteiger partial charge < -0.3 is 9.73 Å². The van der Waals surface area contributed by atoms with Crippen molar-refractivity contribution in [3.8, 4) is 11.4 Å². The Hall–Kier alpha value is -1.36. The molecule has 0 aliphatic carbocycles. The number of anilines is 1. The molecular formula is C14H18BrN3O. The maximum Gasteiger partial charge on any atom is 0.165 e. The van der Waals surface area contributed by atoms with Gasteiger partial charge in [-0.25, -0.2) is 9.97 Å². The molecule has 2 rings (SSSR count). The number of hydrogen-bond donors (Lipinski definition) is 1. The first-order valence-corrected chi connectivity index (χ1v) is 7.38. The van der Waals surface area contributed by atoms with E-state index in [1.165, 1.54) is 0 Å². The molecule has 2 aromatic rings. The molecule has 0 saturated heterocycles. The summed E-state index contributed by atoms with van der Waals surface area (Å²) in [4.78, 5) is 9.18. The van der Waals surface area contributed by atoms with Crippen LogP contribution in [0.2, 0.25) is 0 Å². The number of hydrogen-bond acceptors (Lipinski definition) is 4. The lowest BCUT2D eigenvalue weighted by Gasteiger charge is -2.11. The van der Waals surface area contributed by atoms with Crippen LogP contribution in [0.25, 0.3) is 11.4 Å². The van der Waals surface area contributed by atoms with E-state index in [-0.39, 0.29) is 0 Å². The van der Waals surface area contributed by atoms with Crippen LogP contribution in [0.3, 0.4) is 0 Å². The molecule has 5 heteroatoms. The Kier molecular flexibility index (Phi) is 4.96. The van der Waals surface area contributed by atoms with Crippen molar-refractivity contribution in [3.63, 3.8) is 0 Å². The summed E-state index contributed by atoms with van der Waals surface area (Å²) < 4.78 is 6.08. The van der Waals surface area contributed by atoms with Gasteiger partial charge in [-0.1, -0.05) is 20.3 Å². The van der Waals surface area contributed by atoms with Gasteiger partial charge in [-0.3, -0.25) is 0 Å². The topological polar surface area (TPSA) is 51.0 Å². The smallest absolute Gasteiger partial charge is 0.165 e. The first-order valence-electron chi connectivity index (χ1n) is 6.59. The fraction of sp³-hybridized carbons (Fsp3) is 0.429. The molecule has 1 N–H and O–H groups in total. The predicted molar refractivity (Wildman–Crippen MR) is 80.2 cm³/mol. The molecule has 0 saturated carbocycles. The third kappa shape index (κ3) is 3.35. The zero-order valence-electron chi connectivity index (χ0n) is 11.2. The van der Waals surface area contributed by atoms with E-state index in [0.717, 1.165) is 47.4 Å². The molecule has 0 spiro atoms. The standard InChI is InChI=1S/C14H18BrN3O/c1-3-5-11-12(15)14(16-7-4-2)18-13(17-11)10-6-8-19-9-10/h6,8-9H,3-5,7H2,1-2H3,(H,16,17,18). The molecule has 0 bridgehead atoms. The second-order valence-corrected chi connectivity index (χ2v) is 5.14. The molecule has 0 radical (unpaired) electrons. The van der Waals surface area contributed by atoms with E-state index in [0.29, 0.717) is 5.82 Å². The van der Waals surface area contributed by atoms with Crippen LogP contribution in [-0.4, -0.2) is 16.5 Å². The monoisotopic (exact) mass is 323 g/mol. The molecule has 0 aromatic carbocycles. The molecule has 0 amide bonds. The van der Waals surface area contributed by atoms with Crippen molar-refractivity contribution >= 4 is 21.7 Å². The third-order valence-corrected chi connectivity index (χ3v) is 3.56. The van der Waals surface area contributed by atoms with E-state index < -0.39 is 0 Å². The Morgan fingerprint density at radius 2 is 2.11 bits per heavy atom. The minimum Gasteiger partial charge on any atom is -0.472 e. The number of halogens is 1. The van der Waals surface area contributed by atoms with Crippen LogP contribution in [0.1, 0.15) is 32.4 Å². The SMILES string of the molecule is CCCNc1nc(-c2ccoc2)nc(CCC)c1Br. The zero-order chi connectivity index (χ0) is 13.7. The summed E-state index contributed by atoms with van der Waals surface area (Å²) in [6, 6.07) is 1.88. The van der Waals surface area contributed by atoms with Crippen molar-refractivity contribution in [1.29, 1.82) is 0 Å². The van der Waals surface area contributed by atoms with Gasteiger partial charge in [0.2, 0.25) is 0 Å². The van der Waals surface area contributed by atoms with Gasteiger partial charge in [0.1, 0.15) is 12.1 Å². The molecule has 2 heterocycles. The van der Waals surface area contributed by atoms with Crippen molar-refractivity contribution in [2.75, 3.05) is 11.9 Å². The molecule has 102 valence electrons. The van der Waals surface area contributed by atoms with Crippen molar-refractivity contribution in [2.45, 2.75) is 33.1 Å². The molecular weight excluding hydrogens is 306 g/mol. The first kappa shape index (κ1) is 14.1. The molecule has 2 aromatic heterocycles. The van der Waals surface area contributed by atoms with Crippen molar-refractivity contribution in [1.82, 2.24) is 9.97 Å². The zero-order valence-corrected chi connectivity index (χ0v) is 12.8. The molecule has 0 unspecified atom stereocenters. The Bertz CT molecular complexity index is 526. The lowest BCUT2D eigenvalue weighted by molar-refractivity contribution is 0.568. The van der Waals surface area contributed by atoms with Crippen molar-refractivity contribution in [2.24, 2.45) is 0 Å².